The van der Waals surface area contributed by atoms with Gasteiger partial charge in [0.05, 0.1) is 24.1 Å². The number of oxazole rings is 1. The van der Waals surface area contributed by atoms with Crippen LogP contribution in [0.5, 0.6) is 0 Å². The number of aromatic nitrogens is 3. The normalized spacial score (nSPS) is 13.4. The number of hydrogen-bond acceptors (Lipinski definition) is 5. The van der Waals surface area contributed by atoms with Gasteiger partial charge < -0.3 is 4.42 Å². The number of nitrogens with zero attached hydrogens (tertiary/aromatic N) is 6. The molecule has 0 amide bonds. The quantitative estimate of drug-likeness (QED) is 0.400. The fraction of sp³-hybridized carbons (Fsp3) is 0.0909. The number of rotatable bonds is 3. The summed E-state index contributed by atoms with van der Waals surface area (Å²) in [5, 5.41) is 10.5. The summed E-state index contributed by atoms with van der Waals surface area (Å²) in [5.41, 5.74) is 5.69. The van der Waals surface area contributed by atoms with Crippen molar-refractivity contribution in [2.75, 3.05) is 12.1 Å². The Hall–Kier alpha value is -3.71. The summed E-state index contributed by atoms with van der Waals surface area (Å²) >= 11 is 6.25. The van der Waals surface area contributed by atoms with Gasteiger partial charge in [-0.3, -0.25) is 4.57 Å². The fourth-order valence-corrected chi connectivity index (χ4v) is 3.73. The Balaban J connectivity index is 1.64. The van der Waals surface area contributed by atoms with Crippen LogP contribution in [0.1, 0.15) is 5.69 Å². The Morgan fingerprint density at radius 3 is 2.77 bits per heavy atom. The molecular formula is C22H17ClN6O. The van der Waals surface area contributed by atoms with Gasteiger partial charge in [0.25, 0.3) is 0 Å². The van der Waals surface area contributed by atoms with Crippen molar-refractivity contribution < 1.29 is 4.42 Å². The van der Waals surface area contributed by atoms with Gasteiger partial charge in [0.1, 0.15) is 24.0 Å². The van der Waals surface area contributed by atoms with Crippen LogP contribution in [0, 0.1) is 0 Å². The van der Waals surface area contributed by atoms with E-state index in [1.165, 1.54) is 0 Å². The summed E-state index contributed by atoms with van der Waals surface area (Å²) in [5.74, 6) is 0.455. The molecule has 1 aliphatic rings. The van der Waals surface area contributed by atoms with Crippen molar-refractivity contribution in [3.63, 3.8) is 0 Å². The Labute approximate surface area is 177 Å². The molecule has 0 unspecified atom stereocenters. The van der Waals surface area contributed by atoms with Gasteiger partial charge in [0.2, 0.25) is 5.89 Å². The van der Waals surface area contributed by atoms with Crippen LogP contribution in [0.25, 0.3) is 28.5 Å². The summed E-state index contributed by atoms with van der Waals surface area (Å²) in [6.45, 7) is 4.21. The van der Waals surface area contributed by atoms with Gasteiger partial charge >= 0.3 is 0 Å². The first-order valence-electron chi connectivity index (χ1n) is 9.31. The molecule has 0 saturated heterocycles. The van der Waals surface area contributed by atoms with E-state index in [-0.39, 0.29) is 0 Å². The van der Waals surface area contributed by atoms with Crippen LogP contribution in [0.15, 0.2) is 88.2 Å². The maximum absolute atomic E-state index is 6.25. The zero-order chi connectivity index (χ0) is 20.7. The van der Waals surface area contributed by atoms with Gasteiger partial charge in [0, 0.05) is 22.7 Å². The van der Waals surface area contributed by atoms with Gasteiger partial charge in [-0.1, -0.05) is 53.7 Å². The van der Waals surface area contributed by atoms with E-state index in [0.717, 1.165) is 34.0 Å². The molecule has 0 N–H and O–H groups in total. The topological polar surface area (TPSA) is 71.8 Å². The zero-order valence-electron chi connectivity index (χ0n) is 16.2. The first-order chi connectivity index (χ1) is 14.7. The smallest absolute Gasteiger partial charge is 0.247 e. The first-order valence-corrected chi connectivity index (χ1v) is 9.68. The average Bonchev–Trinajstić information content (AvgIpc) is 3.38. The second-order valence-electron chi connectivity index (χ2n) is 6.79. The van der Waals surface area contributed by atoms with Crippen LogP contribution < -0.4 is 5.01 Å². The van der Waals surface area contributed by atoms with E-state index < -0.39 is 0 Å². The molecule has 1 aliphatic heterocycles. The number of allylic oxidation sites excluding steroid dienone is 1. The van der Waals surface area contributed by atoms with Crippen molar-refractivity contribution in [1.29, 1.82) is 0 Å². The number of imidazole rings is 1. The number of anilines is 1. The molecule has 0 fully saturated rings. The van der Waals surface area contributed by atoms with Crippen LogP contribution in [0.2, 0.25) is 5.02 Å². The molecule has 148 valence electrons. The number of benzene rings is 2. The lowest BCUT2D eigenvalue weighted by Gasteiger charge is -2.19. The SMILES string of the molecule is C=C1Cc2c(-c3nc(-c4ccccc4)co3)ncn2-c2ccc(Cl)cc2N1/N=N\C. The van der Waals surface area contributed by atoms with Crippen molar-refractivity contribution >= 4 is 17.3 Å². The maximum atomic E-state index is 6.25. The number of halogens is 1. The third-order valence-corrected chi connectivity index (χ3v) is 5.15. The van der Waals surface area contributed by atoms with Gasteiger partial charge in [-0.25, -0.2) is 15.0 Å². The van der Waals surface area contributed by atoms with E-state index in [2.05, 4.69) is 26.9 Å². The summed E-state index contributed by atoms with van der Waals surface area (Å²) in [6, 6.07) is 15.5. The van der Waals surface area contributed by atoms with Crippen LogP contribution in [0.3, 0.4) is 0 Å². The monoisotopic (exact) mass is 416 g/mol. The highest BCUT2D eigenvalue weighted by Crippen LogP contribution is 2.38. The van der Waals surface area contributed by atoms with Gasteiger partial charge in [-0.15, -0.1) is 0 Å². The average molecular weight is 417 g/mol. The van der Waals surface area contributed by atoms with Gasteiger partial charge in [-0.2, -0.15) is 5.11 Å². The van der Waals surface area contributed by atoms with E-state index in [1.807, 2.05) is 53.1 Å². The molecule has 0 bridgehead atoms. The first kappa shape index (κ1) is 18.3. The molecule has 0 aliphatic carbocycles. The van der Waals surface area contributed by atoms with Crippen molar-refractivity contribution in [3.05, 3.63) is 84.1 Å². The maximum Gasteiger partial charge on any atom is 0.247 e. The van der Waals surface area contributed by atoms with E-state index in [4.69, 9.17) is 16.0 Å². The van der Waals surface area contributed by atoms with E-state index in [9.17, 15) is 0 Å². The third-order valence-electron chi connectivity index (χ3n) is 4.92. The molecule has 30 heavy (non-hydrogen) atoms. The third kappa shape index (κ3) is 3.00. The fourth-order valence-electron chi connectivity index (χ4n) is 3.56. The van der Waals surface area contributed by atoms with Crippen molar-refractivity contribution in [3.8, 4) is 28.5 Å². The van der Waals surface area contributed by atoms with Crippen LogP contribution in [-0.2, 0) is 6.42 Å². The predicted octanol–water partition coefficient (Wildman–Crippen LogP) is 5.72. The number of hydrogen-bond donors (Lipinski definition) is 0. The molecule has 0 atom stereocenters. The zero-order valence-corrected chi connectivity index (χ0v) is 16.9. The minimum Gasteiger partial charge on any atom is -0.443 e. The summed E-state index contributed by atoms with van der Waals surface area (Å²) in [6.07, 6.45) is 3.89. The summed E-state index contributed by atoms with van der Waals surface area (Å²) < 4.78 is 7.78. The largest absolute Gasteiger partial charge is 0.443 e. The van der Waals surface area contributed by atoms with E-state index in [0.29, 0.717) is 23.0 Å². The molecule has 3 heterocycles. The Morgan fingerprint density at radius 1 is 1.13 bits per heavy atom. The van der Waals surface area contributed by atoms with Gasteiger partial charge in [0.15, 0.2) is 0 Å². The molecule has 2 aromatic carbocycles. The molecule has 0 spiro atoms. The number of fused-ring (bicyclic) bond motifs is 3. The minimum absolute atomic E-state index is 0.455. The molecule has 7 nitrogen and oxygen atoms in total. The Morgan fingerprint density at radius 2 is 1.97 bits per heavy atom. The Kier molecular flexibility index (Phi) is 4.44. The van der Waals surface area contributed by atoms with E-state index >= 15 is 0 Å². The molecular weight excluding hydrogens is 400 g/mol. The van der Waals surface area contributed by atoms with Crippen molar-refractivity contribution in [1.82, 2.24) is 14.5 Å². The molecule has 4 aromatic rings. The standard InChI is InChI=1S/C22H17ClN6O/c1-14-10-20-21(22-26-17(12-30-22)15-6-4-3-5-7-15)25-13-28(20)18-9-8-16(23)11-19(18)29(14)27-24-2/h3-9,11-13H,1,10H2,2H3/b27-24-. The van der Waals surface area contributed by atoms with Crippen LogP contribution in [0.4, 0.5) is 5.69 Å². The minimum atomic E-state index is 0.455. The van der Waals surface area contributed by atoms with Crippen molar-refractivity contribution in [2.45, 2.75) is 6.42 Å². The van der Waals surface area contributed by atoms with E-state index in [1.54, 1.807) is 24.6 Å². The van der Waals surface area contributed by atoms with Crippen molar-refractivity contribution in [2.24, 2.45) is 10.3 Å². The predicted molar refractivity (Wildman–Crippen MR) is 116 cm³/mol. The lowest BCUT2D eigenvalue weighted by atomic mass is 10.2. The van der Waals surface area contributed by atoms with Gasteiger partial charge in [-0.05, 0) is 18.2 Å². The molecule has 8 heteroatoms. The molecule has 0 radical (unpaired) electrons. The molecule has 2 aromatic heterocycles. The highest BCUT2D eigenvalue weighted by molar-refractivity contribution is 6.31. The molecule has 0 saturated carbocycles. The lowest BCUT2D eigenvalue weighted by molar-refractivity contribution is 0.572. The lowest BCUT2D eigenvalue weighted by Crippen LogP contribution is -2.15. The van der Waals surface area contributed by atoms with Crippen LogP contribution in [-0.4, -0.2) is 21.6 Å². The summed E-state index contributed by atoms with van der Waals surface area (Å²) in [7, 11) is 1.62. The van der Waals surface area contributed by atoms with Crippen LogP contribution >= 0.6 is 11.6 Å². The highest BCUT2D eigenvalue weighted by Gasteiger charge is 2.27. The molecule has 5 rings (SSSR count). The second kappa shape index (κ2) is 7.27. The highest BCUT2D eigenvalue weighted by atomic mass is 35.5. The summed E-state index contributed by atoms with van der Waals surface area (Å²) in [4.78, 5) is 9.27. The Bertz CT molecular complexity index is 1270. The second-order valence-corrected chi connectivity index (χ2v) is 7.23.